The van der Waals surface area contributed by atoms with E-state index in [1.165, 1.54) is 4.52 Å². The van der Waals surface area contributed by atoms with Gasteiger partial charge in [-0.15, -0.1) is 0 Å². The van der Waals surface area contributed by atoms with Crippen LogP contribution in [0.15, 0.2) is 12.3 Å². The van der Waals surface area contributed by atoms with Crippen LogP contribution in [0.3, 0.4) is 0 Å². The van der Waals surface area contributed by atoms with Crippen molar-refractivity contribution in [1.82, 2.24) is 19.6 Å². The Morgan fingerprint density at radius 2 is 2.27 bits per heavy atom. The third-order valence-corrected chi connectivity index (χ3v) is 1.42. The molecule has 2 N–H and O–H groups in total. The Bertz CT molecular complexity index is 395. The predicted molar refractivity (Wildman–Crippen MR) is 40.2 cm³/mol. The lowest BCUT2D eigenvalue weighted by molar-refractivity contribution is 0.909. The van der Waals surface area contributed by atoms with Crippen molar-refractivity contribution >= 4 is 23.2 Å². The van der Waals surface area contributed by atoms with Crippen molar-refractivity contribution in [3.63, 3.8) is 0 Å². The molecule has 0 amide bonds. The lowest BCUT2D eigenvalue weighted by Gasteiger charge is -1.95. The molecule has 5 nitrogen and oxygen atoms in total. The predicted octanol–water partition coefficient (Wildman–Crippen LogP) is 0.360. The van der Waals surface area contributed by atoms with Gasteiger partial charge >= 0.3 is 0 Å². The van der Waals surface area contributed by atoms with Gasteiger partial charge in [0, 0.05) is 6.07 Å². The van der Waals surface area contributed by atoms with Crippen LogP contribution < -0.4 is 5.73 Å². The molecule has 0 unspecified atom stereocenters. The van der Waals surface area contributed by atoms with E-state index in [0.717, 1.165) is 0 Å². The number of nitrogens with zero attached hydrogens (tertiary/aromatic N) is 4. The van der Waals surface area contributed by atoms with Crippen molar-refractivity contribution in [1.29, 1.82) is 0 Å². The quantitative estimate of drug-likeness (QED) is 0.618. The van der Waals surface area contributed by atoms with Crippen LogP contribution in [-0.4, -0.2) is 19.6 Å². The zero-order valence-corrected chi connectivity index (χ0v) is 6.15. The van der Waals surface area contributed by atoms with E-state index in [1.807, 2.05) is 0 Å². The monoisotopic (exact) mass is 169 g/mol. The van der Waals surface area contributed by atoms with Gasteiger partial charge in [0.1, 0.15) is 0 Å². The van der Waals surface area contributed by atoms with E-state index in [-0.39, 0.29) is 11.2 Å². The fourth-order valence-corrected chi connectivity index (χ4v) is 0.992. The highest BCUT2D eigenvalue weighted by Gasteiger charge is 2.01. The molecule has 11 heavy (non-hydrogen) atoms. The zero-order chi connectivity index (χ0) is 7.84. The number of nitrogens with two attached hydrogens (primary N) is 1. The van der Waals surface area contributed by atoms with E-state index in [4.69, 9.17) is 17.3 Å². The van der Waals surface area contributed by atoms with E-state index in [0.29, 0.717) is 5.65 Å². The molecule has 6 heteroatoms. The summed E-state index contributed by atoms with van der Waals surface area (Å²) in [6, 6.07) is 1.70. The number of halogens is 1. The molecule has 0 aromatic carbocycles. The molecule has 2 aromatic rings. The van der Waals surface area contributed by atoms with Crippen molar-refractivity contribution in [2.24, 2.45) is 0 Å². The first-order chi connectivity index (χ1) is 5.27. The van der Waals surface area contributed by atoms with E-state index < -0.39 is 0 Å². The van der Waals surface area contributed by atoms with Crippen LogP contribution in [0.2, 0.25) is 5.28 Å². The molecule has 0 bridgehead atoms. The Labute approximate surface area is 66.8 Å². The van der Waals surface area contributed by atoms with Crippen molar-refractivity contribution in [3.8, 4) is 0 Å². The van der Waals surface area contributed by atoms with Crippen LogP contribution in [0.5, 0.6) is 0 Å². The highest BCUT2D eigenvalue weighted by Crippen LogP contribution is 2.07. The van der Waals surface area contributed by atoms with Gasteiger partial charge in [-0.05, 0) is 11.6 Å². The summed E-state index contributed by atoms with van der Waals surface area (Å²) in [5, 5.41) is 4.00. The van der Waals surface area contributed by atoms with Gasteiger partial charge in [0.25, 0.3) is 0 Å². The second-order valence-electron chi connectivity index (χ2n) is 1.95. The molecular formula is C5H4ClN5. The van der Waals surface area contributed by atoms with Crippen LogP contribution in [0.4, 0.5) is 5.95 Å². The largest absolute Gasteiger partial charge is 0.368 e. The second-order valence-corrected chi connectivity index (χ2v) is 2.29. The topological polar surface area (TPSA) is 69.1 Å². The summed E-state index contributed by atoms with van der Waals surface area (Å²) >= 11 is 5.54. The summed E-state index contributed by atoms with van der Waals surface area (Å²) in [6.45, 7) is 0. The van der Waals surface area contributed by atoms with Gasteiger partial charge in [-0.3, -0.25) is 0 Å². The SMILES string of the molecule is Nc1nc(Cl)nc2ccnn12. The summed E-state index contributed by atoms with van der Waals surface area (Å²) in [5.74, 6) is 0.241. The van der Waals surface area contributed by atoms with Gasteiger partial charge in [0.05, 0.1) is 6.20 Å². The molecule has 0 saturated carbocycles. The molecule has 2 heterocycles. The molecule has 56 valence electrons. The van der Waals surface area contributed by atoms with Crippen LogP contribution in [-0.2, 0) is 0 Å². The van der Waals surface area contributed by atoms with Gasteiger partial charge in [0.2, 0.25) is 11.2 Å². The molecular weight excluding hydrogens is 166 g/mol. The number of rotatable bonds is 0. The minimum Gasteiger partial charge on any atom is -0.368 e. The molecule has 2 rings (SSSR count). The molecule has 0 fully saturated rings. The highest BCUT2D eigenvalue weighted by molar-refractivity contribution is 6.28. The lowest BCUT2D eigenvalue weighted by atomic mass is 10.7. The molecule has 0 spiro atoms. The third-order valence-electron chi connectivity index (χ3n) is 1.25. The van der Waals surface area contributed by atoms with Crippen molar-refractivity contribution < 1.29 is 0 Å². The van der Waals surface area contributed by atoms with Crippen molar-refractivity contribution in [3.05, 3.63) is 17.5 Å². The van der Waals surface area contributed by atoms with Gasteiger partial charge in [-0.1, -0.05) is 0 Å². The van der Waals surface area contributed by atoms with Gasteiger partial charge < -0.3 is 5.73 Å². The van der Waals surface area contributed by atoms with E-state index in [2.05, 4.69) is 15.1 Å². The standard InChI is InChI=1S/C5H4ClN5/c6-4-9-3-1-2-8-11(3)5(7)10-4/h1-2H,(H2,7,9,10). The average Bonchev–Trinajstić information content (AvgIpc) is 2.34. The Balaban J connectivity index is 2.91. The van der Waals surface area contributed by atoms with Crippen LogP contribution in [0.25, 0.3) is 5.65 Å². The third kappa shape index (κ3) is 0.894. The normalized spacial score (nSPS) is 10.6. The first-order valence-corrected chi connectivity index (χ1v) is 3.28. The molecule has 0 aliphatic rings. The van der Waals surface area contributed by atoms with Crippen molar-refractivity contribution in [2.75, 3.05) is 5.73 Å². The van der Waals surface area contributed by atoms with Crippen molar-refractivity contribution in [2.45, 2.75) is 0 Å². The Kier molecular flexibility index (Phi) is 1.19. The zero-order valence-electron chi connectivity index (χ0n) is 5.40. The Morgan fingerprint density at radius 3 is 3.09 bits per heavy atom. The fourth-order valence-electron chi connectivity index (χ4n) is 0.819. The number of anilines is 1. The first-order valence-electron chi connectivity index (χ1n) is 2.90. The summed E-state index contributed by atoms with van der Waals surface area (Å²) in [7, 11) is 0. The maximum atomic E-state index is 5.54. The maximum absolute atomic E-state index is 5.54. The Morgan fingerprint density at radius 1 is 1.45 bits per heavy atom. The fraction of sp³-hybridized carbons (Fsp3) is 0. The minimum atomic E-state index is 0.135. The van der Waals surface area contributed by atoms with Crippen LogP contribution >= 0.6 is 11.6 Å². The number of fused-ring (bicyclic) bond motifs is 1. The summed E-state index contributed by atoms with van der Waals surface area (Å²) < 4.78 is 1.41. The van der Waals surface area contributed by atoms with Gasteiger partial charge in [-0.2, -0.15) is 19.6 Å². The second kappa shape index (κ2) is 2.06. The molecule has 0 aliphatic heterocycles. The Hall–Kier alpha value is -1.36. The maximum Gasteiger partial charge on any atom is 0.227 e. The van der Waals surface area contributed by atoms with E-state index >= 15 is 0 Å². The number of aromatic nitrogens is 4. The number of hydrogen-bond donors (Lipinski definition) is 1. The first kappa shape index (κ1) is 6.36. The molecule has 0 aliphatic carbocycles. The lowest BCUT2D eigenvalue weighted by Crippen LogP contribution is -2.03. The summed E-state index contributed by atoms with van der Waals surface area (Å²) in [4.78, 5) is 7.58. The van der Waals surface area contributed by atoms with Gasteiger partial charge in [-0.25, -0.2) is 0 Å². The van der Waals surface area contributed by atoms with Gasteiger partial charge in [0.15, 0.2) is 5.65 Å². The summed E-state index contributed by atoms with van der Waals surface area (Å²) in [5.41, 5.74) is 6.07. The van der Waals surface area contributed by atoms with E-state index in [1.54, 1.807) is 12.3 Å². The minimum absolute atomic E-state index is 0.135. The van der Waals surface area contributed by atoms with Crippen LogP contribution in [0.1, 0.15) is 0 Å². The molecule has 0 atom stereocenters. The number of hydrogen-bond acceptors (Lipinski definition) is 4. The smallest absolute Gasteiger partial charge is 0.227 e. The summed E-state index contributed by atoms with van der Waals surface area (Å²) in [6.07, 6.45) is 1.58. The molecule has 0 saturated heterocycles. The van der Waals surface area contributed by atoms with E-state index in [9.17, 15) is 0 Å². The highest BCUT2D eigenvalue weighted by atomic mass is 35.5. The molecule has 2 aromatic heterocycles. The van der Waals surface area contributed by atoms with Crippen LogP contribution in [0, 0.1) is 0 Å². The molecule has 0 radical (unpaired) electrons. The average molecular weight is 170 g/mol. The number of nitrogen functional groups attached to an aromatic ring is 1.